The van der Waals surface area contributed by atoms with E-state index in [9.17, 15) is 9.90 Å². The fraction of sp³-hybridized carbons (Fsp3) is 0.375. The van der Waals surface area contributed by atoms with Crippen molar-refractivity contribution in [3.63, 3.8) is 0 Å². The molecule has 0 amide bonds. The number of benzene rings is 2. The molecule has 0 saturated heterocycles. The average molecular weight is 399 g/mol. The molecule has 0 bridgehead atoms. The molecule has 1 aliphatic heterocycles. The van der Waals surface area contributed by atoms with Crippen LogP contribution in [0, 0.1) is 6.92 Å². The third-order valence-electron chi connectivity index (χ3n) is 5.35. The molecular weight excluding hydrogens is 372 g/mol. The summed E-state index contributed by atoms with van der Waals surface area (Å²) in [5, 5.41) is 11.6. The summed E-state index contributed by atoms with van der Waals surface area (Å²) in [4.78, 5) is 13.1. The molecule has 0 unspecified atom stereocenters. The second-order valence-electron chi connectivity index (χ2n) is 8.36. The molecule has 148 valence electrons. The Labute approximate surface area is 172 Å². The van der Waals surface area contributed by atoms with Gasteiger partial charge in [0, 0.05) is 5.02 Å². The van der Waals surface area contributed by atoms with Crippen LogP contribution < -0.4 is 0 Å². The number of halogens is 1. The molecule has 0 saturated carbocycles. The smallest absolute Gasteiger partial charge is 0.198 e. The van der Waals surface area contributed by atoms with Crippen molar-refractivity contribution in [1.29, 1.82) is 0 Å². The Balaban J connectivity index is 2.17. The van der Waals surface area contributed by atoms with E-state index < -0.39 is 11.2 Å². The van der Waals surface area contributed by atoms with Crippen LogP contribution in [0.4, 0.5) is 0 Å². The molecule has 0 aliphatic carbocycles. The van der Waals surface area contributed by atoms with Gasteiger partial charge in [-0.1, -0.05) is 48.9 Å². The fourth-order valence-electron chi connectivity index (χ4n) is 3.77. The first-order valence-corrected chi connectivity index (χ1v) is 9.94. The zero-order valence-corrected chi connectivity index (χ0v) is 18.1. The maximum atomic E-state index is 13.1. The highest BCUT2D eigenvalue weighted by atomic mass is 35.5. The highest BCUT2D eigenvalue weighted by Crippen LogP contribution is 2.41. The van der Waals surface area contributed by atoms with Gasteiger partial charge in [-0.2, -0.15) is 0 Å². The summed E-state index contributed by atoms with van der Waals surface area (Å²) >= 11 is 6.29. The Bertz CT molecular complexity index is 983. The van der Waals surface area contributed by atoms with Crippen LogP contribution in [0.15, 0.2) is 42.2 Å². The second-order valence-corrected chi connectivity index (χ2v) is 8.77. The normalized spacial score (nSPS) is 18.5. The summed E-state index contributed by atoms with van der Waals surface area (Å²) in [5.74, 6) is -0.220. The number of carbonyl (C=O) groups excluding carboxylic acids is 1. The van der Waals surface area contributed by atoms with E-state index >= 15 is 0 Å². The highest BCUT2D eigenvalue weighted by molar-refractivity contribution is 6.31. The van der Waals surface area contributed by atoms with Crippen LogP contribution >= 0.6 is 11.6 Å². The summed E-state index contributed by atoms with van der Waals surface area (Å²) in [6, 6.07) is 11.9. The topological polar surface area (TPSA) is 46.5 Å². The van der Waals surface area contributed by atoms with Crippen molar-refractivity contribution in [3.05, 3.63) is 63.9 Å². The van der Waals surface area contributed by atoms with Crippen LogP contribution in [0.3, 0.4) is 0 Å². The largest absolute Gasteiger partial charge is 0.508 e. The van der Waals surface area contributed by atoms with Crippen LogP contribution in [-0.2, 0) is 16.0 Å². The van der Waals surface area contributed by atoms with Crippen molar-refractivity contribution in [3.8, 4) is 11.1 Å². The second kappa shape index (κ2) is 7.06. The van der Waals surface area contributed by atoms with Gasteiger partial charge in [0.05, 0.1) is 5.57 Å². The summed E-state index contributed by atoms with van der Waals surface area (Å²) in [7, 11) is 0. The third-order valence-corrected chi connectivity index (χ3v) is 5.76. The Morgan fingerprint density at radius 1 is 1.00 bits per heavy atom. The lowest BCUT2D eigenvalue weighted by Gasteiger charge is -2.40. The lowest BCUT2D eigenvalue weighted by atomic mass is 9.81. The predicted molar refractivity (Wildman–Crippen MR) is 115 cm³/mol. The number of hydrogen-bond acceptors (Lipinski definition) is 3. The van der Waals surface area contributed by atoms with Crippen molar-refractivity contribution in [2.45, 2.75) is 59.2 Å². The number of aliphatic hydroxyl groups excluding tert-OH is 1. The minimum absolute atomic E-state index is 0.0161. The van der Waals surface area contributed by atoms with E-state index in [1.807, 2.05) is 44.2 Å². The Kier molecular flexibility index (Phi) is 5.20. The molecule has 3 nitrogen and oxygen atoms in total. The zero-order chi connectivity index (χ0) is 20.9. The summed E-state index contributed by atoms with van der Waals surface area (Å²) < 4.78 is 5.86. The third kappa shape index (κ3) is 3.49. The van der Waals surface area contributed by atoms with Gasteiger partial charge in [0.2, 0.25) is 0 Å². The molecular formula is C24H27ClO3. The maximum Gasteiger partial charge on any atom is 0.198 e. The first-order valence-electron chi connectivity index (χ1n) is 9.56. The van der Waals surface area contributed by atoms with E-state index in [-0.39, 0.29) is 11.5 Å². The van der Waals surface area contributed by atoms with Crippen molar-refractivity contribution in [2.24, 2.45) is 0 Å². The van der Waals surface area contributed by atoms with E-state index in [0.29, 0.717) is 5.57 Å². The van der Waals surface area contributed by atoms with Crippen molar-refractivity contribution >= 4 is 23.0 Å². The number of rotatable bonds is 3. The molecule has 0 atom stereocenters. The van der Waals surface area contributed by atoms with Crippen LogP contribution in [-0.4, -0.2) is 22.1 Å². The summed E-state index contributed by atoms with van der Waals surface area (Å²) in [6.45, 7) is 11.1. The Morgan fingerprint density at radius 3 is 2.21 bits per heavy atom. The molecule has 0 aromatic heterocycles. The standard InChI is InChI=1S/C24H27ClO3/c1-7-15-12-16(17-9-8-14(2)19(25)13-17)10-11-18(15)20-21(26)23(3,4)28-24(5,6)22(20)27/h8-13,26H,7H2,1-6H3. The molecule has 0 radical (unpaired) electrons. The average Bonchev–Trinajstić information content (AvgIpc) is 2.62. The monoisotopic (exact) mass is 398 g/mol. The van der Waals surface area contributed by atoms with Crippen LogP contribution in [0.1, 0.15) is 51.3 Å². The molecule has 3 rings (SSSR count). The van der Waals surface area contributed by atoms with Gasteiger partial charge in [-0.25, -0.2) is 0 Å². The maximum absolute atomic E-state index is 13.1. The minimum Gasteiger partial charge on any atom is -0.508 e. The molecule has 0 spiro atoms. The van der Waals surface area contributed by atoms with E-state index in [1.165, 1.54) is 0 Å². The number of ether oxygens (including phenoxy) is 1. The van der Waals surface area contributed by atoms with Crippen molar-refractivity contribution < 1.29 is 14.6 Å². The minimum atomic E-state index is -1.00. The van der Waals surface area contributed by atoms with Gasteiger partial charge >= 0.3 is 0 Å². The van der Waals surface area contributed by atoms with Gasteiger partial charge in [0.1, 0.15) is 17.0 Å². The van der Waals surface area contributed by atoms with Crippen molar-refractivity contribution in [1.82, 2.24) is 0 Å². The Hall–Kier alpha value is -2.10. The number of aliphatic hydroxyl groups is 1. The summed E-state index contributed by atoms with van der Waals surface area (Å²) in [6.07, 6.45) is 0.731. The number of carbonyl (C=O) groups is 1. The number of aryl methyl sites for hydroxylation is 2. The van der Waals surface area contributed by atoms with Gasteiger partial charge in [-0.3, -0.25) is 4.79 Å². The number of hydrogen-bond donors (Lipinski definition) is 1. The van der Waals surface area contributed by atoms with E-state index in [0.717, 1.165) is 39.3 Å². The molecule has 28 heavy (non-hydrogen) atoms. The quantitative estimate of drug-likeness (QED) is 0.659. The molecule has 1 N–H and O–H groups in total. The van der Waals surface area contributed by atoms with Gasteiger partial charge < -0.3 is 9.84 Å². The van der Waals surface area contributed by atoms with Gasteiger partial charge in [0.15, 0.2) is 5.78 Å². The van der Waals surface area contributed by atoms with Gasteiger partial charge in [0.25, 0.3) is 0 Å². The Morgan fingerprint density at radius 2 is 1.61 bits per heavy atom. The van der Waals surface area contributed by atoms with Crippen LogP contribution in [0.25, 0.3) is 16.7 Å². The summed E-state index contributed by atoms with van der Waals surface area (Å²) in [5.41, 5.74) is 3.26. The highest BCUT2D eigenvalue weighted by Gasteiger charge is 2.47. The zero-order valence-electron chi connectivity index (χ0n) is 17.3. The van der Waals surface area contributed by atoms with Gasteiger partial charge in [-0.05, 0) is 74.9 Å². The van der Waals surface area contributed by atoms with Crippen LogP contribution in [0.2, 0.25) is 5.02 Å². The SMILES string of the molecule is CCc1cc(-c2ccc(C)c(Cl)c2)ccc1C1=C(O)C(C)(C)OC(C)(C)C1=O. The van der Waals surface area contributed by atoms with E-state index in [4.69, 9.17) is 16.3 Å². The number of Topliss-reactive ketones (excluding diaryl/α,β-unsaturated/α-hetero) is 1. The molecule has 4 heteroatoms. The first kappa shape index (κ1) is 20.6. The fourth-order valence-corrected chi connectivity index (χ4v) is 3.95. The van der Waals surface area contributed by atoms with Crippen LogP contribution in [0.5, 0.6) is 0 Å². The first-order chi connectivity index (χ1) is 13.0. The molecule has 1 aliphatic rings. The van der Waals surface area contributed by atoms with E-state index in [2.05, 4.69) is 6.07 Å². The molecule has 1 heterocycles. The molecule has 0 fully saturated rings. The van der Waals surface area contributed by atoms with Gasteiger partial charge in [-0.15, -0.1) is 0 Å². The van der Waals surface area contributed by atoms with Crippen molar-refractivity contribution in [2.75, 3.05) is 0 Å². The molecule has 2 aromatic rings. The number of ketones is 1. The molecule has 2 aromatic carbocycles. The van der Waals surface area contributed by atoms with E-state index in [1.54, 1.807) is 27.7 Å². The lowest BCUT2D eigenvalue weighted by molar-refractivity contribution is -0.158. The predicted octanol–water partition coefficient (Wildman–Crippen LogP) is 6.30. The lowest BCUT2D eigenvalue weighted by Crippen LogP contribution is -2.49.